The number of hydrogen-bond donors (Lipinski definition) is 1. The predicted octanol–water partition coefficient (Wildman–Crippen LogP) is 6.27. The van der Waals surface area contributed by atoms with Gasteiger partial charge in [-0.2, -0.15) is 0 Å². The van der Waals surface area contributed by atoms with Gasteiger partial charge in [-0.3, -0.25) is 0 Å². The van der Waals surface area contributed by atoms with Crippen LogP contribution in [0.3, 0.4) is 0 Å². The summed E-state index contributed by atoms with van der Waals surface area (Å²) in [4.78, 5) is 0. The second-order valence-corrected chi connectivity index (χ2v) is 6.19. The van der Waals surface area contributed by atoms with E-state index in [1.165, 1.54) is 24.8 Å². The molecule has 3 aromatic rings. The minimum Gasteiger partial charge on any atom is -0.508 e. The lowest BCUT2D eigenvalue weighted by Crippen LogP contribution is -1.87. The Morgan fingerprint density at radius 3 is 2.52 bits per heavy atom. The summed E-state index contributed by atoms with van der Waals surface area (Å²) in [5, 5.41) is 10.5. The first-order chi connectivity index (χ1) is 11.2. The Balaban J connectivity index is 1.92. The zero-order chi connectivity index (χ0) is 16.2. The first-order valence-electron chi connectivity index (χ1n) is 8.03. The number of rotatable bonds is 5. The zero-order valence-corrected chi connectivity index (χ0v) is 14.0. The van der Waals surface area contributed by atoms with Crippen molar-refractivity contribution in [3.05, 3.63) is 58.8 Å². The van der Waals surface area contributed by atoms with Crippen molar-refractivity contribution in [2.24, 2.45) is 0 Å². The molecule has 1 aromatic heterocycles. The minimum atomic E-state index is 0.180. The van der Waals surface area contributed by atoms with E-state index in [1.807, 2.05) is 12.1 Å². The zero-order valence-electron chi connectivity index (χ0n) is 13.2. The predicted molar refractivity (Wildman–Crippen MR) is 97.4 cm³/mol. The van der Waals surface area contributed by atoms with E-state index >= 15 is 0 Å². The number of benzene rings is 2. The smallest absolute Gasteiger partial charge is 0.198 e. The van der Waals surface area contributed by atoms with Gasteiger partial charge in [0.1, 0.15) is 11.3 Å². The largest absolute Gasteiger partial charge is 0.508 e. The Labute approximate surface area is 141 Å². The molecule has 0 atom stereocenters. The van der Waals surface area contributed by atoms with E-state index in [1.54, 1.807) is 12.1 Å². The van der Waals surface area contributed by atoms with Gasteiger partial charge in [0.2, 0.25) is 0 Å². The third-order valence-corrected chi connectivity index (χ3v) is 4.36. The van der Waals surface area contributed by atoms with E-state index in [2.05, 4.69) is 31.2 Å². The Bertz CT molecular complexity index is 863. The second kappa shape index (κ2) is 6.97. The molecule has 0 aliphatic rings. The second-order valence-electron chi connectivity index (χ2n) is 5.82. The summed E-state index contributed by atoms with van der Waals surface area (Å²) >= 11 is 5.37. The van der Waals surface area contributed by atoms with E-state index < -0.39 is 0 Å². The van der Waals surface area contributed by atoms with Crippen molar-refractivity contribution in [2.45, 2.75) is 32.6 Å². The average molecular weight is 324 g/mol. The van der Waals surface area contributed by atoms with Crippen molar-refractivity contribution in [3.8, 4) is 16.9 Å². The fourth-order valence-electron chi connectivity index (χ4n) is 2.73. The fraction of sp³-hybridized carbons (Fsp3) is 0.250. The van der Waals surface area contributed by atoms with Crippen molar-refractivity contribution < 1.29 is 9.52 Å². The molecule has 0 radical (unpaired) electrons. The minimum absolute atomic E-state index is 0.180. The average Bonchev–Trinajstić information content (AvgIpc) is 2.55. The first-order valence-corrected chi connectivity index (χ1v) is 8.44. The van der Waals surface area contributed by atoms with Gasteiger partial charge in [-0.05, 0) is 54.4 Å². The number of aryl methyl sites for hydroxylation is 1. The third-order valence-electron chi connectivity index (χ3n) is 4.05. The highest BCUT2D eigenvalue weighted by Gasteiger charge is 2.06. The Kier molecular flexibility index (Phi) is 4.77. The summed E-state index contributed by atoms with van der Waals surface area (Å²) in [7, 11) is 0. The number of phenols is 1. The van der Waals surface area contributed by atoms with Crippen LogP contribution in [0.25, 0.3) is 22.1 Å². The Hall–Kier alpha value is -2.13. The van der Waals surface area contributed by atoms with E-state index in [4.69, 9.17) is 16.6 Å². The third kappa shape index (κ3) is 3.62. The summed E-state index contributed by atoms with van der Waals surface area (Å²) in [6, 6.07) is 15.6. The van der Waals surface area contributed by atoms with Crippen molar-refractivity contribution in [1.29, 1.82) is 0 Å². The molecule has 118 valence electrons. The van der Waals surface area contributed by atoms with E-state index in [-0.39, 0.29) is 5.75 Å². The molecule has 3 heteroatoms. The Morgan fingerprint density at radius 1 is 1.00 bits per heavy atom. The lowest BCUT2D eigenvalue weighted by atomic mass is 10.0. The van der Waals surface area contributed by atoms with Crippen LogP contribution in [0.1, 0.15) is 31.7 Å². The molecule has 0 fully saturated rings. The van der Waals surface area contributed by atoms with Gasteiger partial charge in [-0.25, -0.2) is 0 Å². The first kappa shape index (κ1) is 15.8. The SMILES string of the molecule is CCCCCc1ccc(-c2cc3ccc(O)cc3oc2=S)cc1. The highest BCUT2D eigenvalue weighted by Crippen LogP contribution is 2.28. The standard InChI is InChI=1S/C20H20O2S/c1-2-3-4-5-14-6-8-15(9-7-14)18-12-16-10-11-17(21)13-19(16)22-20(18)23/h6-13,21H,2-5H2,1H3. The number of hydrogen-bond acceptors (Lipinski definition) is 3. The molecule has 0 aliphatic heterocycles. The maximum atomic E-state index is 9.53. The topological polar surface area (TPSA) is 33.4 Å². The summed E-state index contributed by atoms with van der Waals surface area (Å²) in [6.07, 6.45) is 4.87. The van der Waals surface area contributed by atoms with Crippen LogP contribution in [0.2, 0.25) is 0 Å². The van der Waals surface area contributed by atoms with Crippen molar-refractivity contribution in [1.82, 2.24) is 0 Å². The van der Waals surface area contributed by atoms with Crippen LogP contribution in [0.4, 0.5) is 0 Å². The molecule has 0 saturated heterocycles. The molecule has 0 amide bonds. The van der Waals surface area contributed by atoms with Gasteiger partial charge < -0.3 is 9.52 Å². The number of unbranched alkanes of at least 4 members (excludes halogenated alkanes) is 2. The van der Waals surface area contributed by atoms with Crippen LogP contribution in [-0.2, 0) is 6.42 Å². The van der Waals surface area contributed by atoms with E-state index in [0.717, 1.165) is 22.9 Å². The molecule has 2 nitrogen and oxygen atoms in total. The summed E-state index contributed by atoms with van der Waals surface area (Å²) in [5.41, 5.74) is 3.94. The molecular formula is C20H20O2S. The molecule has 1 N–H and O–H groups in total. The maximum Gasteiger partial charge on any atom is 0.198 e. The van der Waals surface area contributed by atoms with Crippen LogP contribution in [0.5, 0.6) is 5.75 Å². The fourth-order valence-corrected chi connectivity index (χ4v) is 3.00. The van der Waals surface area contributed by atoms with Crippen LogP contribution in [-0.4, -0.2) is 5.11 Å². The molecule has 0 bridgehead atoms. The van der Waals surface area contributed by atoms with Gasteiger partial charge in [0.05, 0.1) is 0 Å². The van der Waals surface area contributed by atoms with Gasteiger partial charge in [0.15, 0.2) is 4.71 Å². The number of fused-ring (bicyclic) bond motifs is 1. The summed E-state index contributed by atoms with van der Waals surface area (Å²) in [6.45, 7) is 2.22. The van der Waals surface area contributed by atoms with Crippen molar-refractivity contribution >= 4 is 23.2 Å². The lowest BCUT2D eigenvalue weighted by molar-refractivity contribution is 0.474. The Morgan fingerprint density at radius 2 is 1.78 bits per heavy atom. The summed E-state index contributed by atoms with van der Waals surface area (Å²) in [5.74, 6) is 0.180. The normalized spacial score (nSPS) is 11.0. The maximum absolute atomic E-state index is 9.53. The molecule has 1 heterocycles. The van der Waals surface area contributed by atoms with Gasteiger partial charge in [-0.1, -0.05) is 44.0 Å². The van der Waals surface area contributed by atoms with E-state index in [0.29, 0.717) is 10.3 Å². The van der Waals surface area contributed by atoms with Crippen molar-refractivity contribution in [2.75, 3.05) is 0 Å². The van der Waals surface area contributed by atoms with Gasteiger partial charge in [0, 0.05) is 17.0 Å². The summed E-state index contributed by atoms with van der Waals surface area (Å²) < 4.78 is 6.14. The molecule has 0 unspecified atom stereocenters. The molecule has 23 heavy (non-hydrogen) atoms. The van der Waals surface area contributed by atoms with E-state index in [9.17, 15) is 5.11 Å². The quantitative estimate of drug-likeness (QED) is 0.443. The van der Waals surface area contributed by atoms with Gasteiger partial charge >= 0.3 is 0 Å². The van der Waals surface area contributed by atoms with Gasteiger partial charge in [-0.15, -0.1) is 0 Å². The molecular weight excluding hydrogens is 304 g/mol. The number of aromatic hydroxyl groups is 1. The number of phenolic OH excluding ortho intramolecular Hbond substituents is 1. The molecule has 0 aliphatic carbocycles. The molecule has 3 rings (SSSR count). The highest BCUT2D eigenvalue weighted by molar-refractivity contribution is 7.71. The molecule has 2 aromatic carbocycles. The van der Waals surface area contributed by atoms with Crippen LogP contribution in [0, 0.1) is 4.71 Å². The van der Waals surface area contributed by atoms with Gasteiger partial charge in [0.25, 0.3) is 0 Å². The monoisotopic (exact) mass is 324 g/mol. The van der Waals surface area contributed by atoms with Crippen LogP contribution < -0.4 is 0 Å². The molecule has 0 saturated carbocycles. The van der Waals surface area contributed by atoms with Crippen molar-refractivity contribution in [3.63, 3.8) is 0 Å². The van der Waals surface area contributed by atoms with Crippen LogP contribution in [0.15, 0.2) is 52.9 Å². The lowest BCUT2D eigenvalue weighted by Gasteiger charge is -2.06. The highest BCUT2D eigenvalue weighted by atomic mass is 32.1. The molecule has 0 spiro atoms. The van der Waals surface area contributed by atoms with Crippen LogP contribution >= 0.6 is 12.2 Å².